The van der Waals surface area contributed by atoms with Crippen LogP contribution in [0.3, 0.4) is 0 Å². The monoisotopic (exact) mass is 384 g/mol. The Morgan fingerprint density at radius 1 is 1.31 bits per heavy atom. The van der Waals surface area contributed by atoms with Gasteiger partial charge in [0, 0.05) is 24.7 Å². The van der Waals surface area contributed by atoms with Gasteiger partial charge in [-0.1, -0.05) is 0 Å². The summed E-state index contributed by atoms with van der Waals surface area (Å²) in [5, 5.41) is 12.6. The lowest BCUT2D eigenvalue weighted by molar-refractivity contribution is -0.143. The first-order chi connectivity index (χ1) is 12.3. The molecule has 12 heteroatoms. The standard InChI is InChI=1S/C14H11F3N6O2S/c1-22-5-6-26-13(22)19-12(24)8-7-18-23(11(8)14(15,16)17)9-3-4-10(25-2)21-20-9/h3-7H,1-2H3. The van der Waals surface area contributed by atoms with Crippen molar-refractivity contribution in [2.45, 2.75) is 6.18 Å². The number of thiazole rings is 1. The van der Waals surface area contributed by atoms with Crippen LogP contribution in [-0.4, -0.2) is 37.6 Å². The van der Waals surface area contributed by atoms with Crippen LogP contribution in [0, 0.1) is 0 Å². The molecule has 3 rings (SSSR count). The Kier molecular flexibility index (Phi) is 4.59. The minimum atomic E-state index is -4.85. The van der Waals surface area contributed by atoms with E-state index in [9.17, 15) is 18.0 Å². The maximum absolute atomic E-state index is 13.6. The van der Waals surface area contributed by atoms with E-state index in [4.69, 9.17) is 4.74 Å². The van der Waals surface area contributed by atoms with E-state index in [2.05, 4.69) is 20.3 Å². The summed E-state index contributed by atoms with van der Waals surface area (Å²) < 4.78 is 47.5. The van der Waals surface area contributed by atoms with Gasteiger partial charge in [-0.2, -0.15) is 23.3 Å². The summed E-state index contributed by atoms with van der Waals surface area (Å²) in [5.74, 6) is -1.13. The highest BCUT2D eigenvalue weighted by Crippen LogP contribution is 2.33. The Morgan fingerprint density at radius 3 is 2.62 bits per heavy atom. The highest BCUT2D eigenvalue weighted by atomic mass is 32.1. The number of rotatable bonds is 3. The Bertz CT molecular complexity index is 1000. The summed E-state index contributed by atoms with van der Waals surface area (Å²) in [7, 11) is 2.98. The number of hydrogen-bond acceptors (Lipinski definition) is 6. The molecular formula is C14H11F3N6O2S. The molecule has 0 atom stereocenters. The molecule has 0 radical (unpaired) electrons. The molecular weight excluding hydrogens is 373 g/mol. The van der Waals surface area contributed by atoms with E-state index >= 15 is 0 Å². The molecule has 26 heavy (non-hydrogen) atoms. The molecule has 0 unspecified atom stereocenters. The molecule has 0 bridgehead atoms. The van der Waals surface area contributed by atoms with Crippen LogP contribution in [0.5, 0.6) is 5.88 Å². The third-order valence-corrected chi connectivity index (χ3v) is 4.13. The molecule has 0 spiro atoms. The van der Waals surface area contributed by atoms with E-state index in [0.717, 1.165) is 17.5 Å². The molecule has 0 N–H and O–H groups in total. The number of alkyl halides is 3. The Labute approximate surface area is 148 Å². The maximum Gasteiger partial charge on any atom is 0.434 e. The van der Waals surface area contributed by atoms with Crippen molar-refractivity contribution in [3.05, 3.63) is 46.0 Å². The van der Waals surface area contributed by atoms with Crippen molar-refractivity contribution in [3.63, 3.8) is 0 Å². The van der Waals surface area contributed by atoms with Gasteiger partial charge in [-0.05, 0) is 6.07 Å². The van der Waals surface area contributed by atoms with Gasteiger partial charge in [0.1, 0.15) is 0 Å². The SMILES string of the molecule is COc1ccc(-n2ncc(C(=O)N=c3sccn3C)c2C(F)(F)F)nn1. The van der Waals surface area contributed by atoms with E-state index in [1.54, 1.807) is 18.6 Å². The van der Waals surface area contributed by atoms with Gasteiger partial charge in [0.05, 0.1) is 18.9 Å². The second-order valence-electron chi connectivity index (χ2n) is 4.96. The second-order valence-corrected chi connectivity index (χ2v) is 5.84. The lowest BCUT2D eigenvalue weighted by Crippen LogP contribution is -2.19. The first kappa shape index (κ1) is 17.8. The smallest absolute Gasteiger partial charge is 0.434 e. The van der Waals surface area contributed by atoms with Crippen LogP contribution in [0.1, 0.15) is 16.1 Å². The predicted octanol–water partition coefficient (Wildman–Crippen LogP) is 1.83. The Morgan fingerprint density at radius 2 is 2.08 bits per heavy atom. The van der Waals surface area contributed by atoms with Gasteiger partial charge < -0.3 is 9.30 Å². The van der Waals surface area contributed by atoms with E-state index in [0.29, 0.717) is 4.68 Å². The van der Waals surface area contributed by atoms with Crippen LogP contribution < -0.4 is 9.54 Å². The number of ether oxygens (including phenoxy) is 1. The van der Waals surface area contributed by atoms with E-state index in [-0.39, 0.29) is 16.5 Å². The number of halogens is 3. The number of carbonyl (C=O) groups is 1. The molecule has 0 aromatic carbocycles. The number of carbonyl (C=O) groups excluding carboxylic acids is 1. The summed E-state index contributed by atoms with van der Waals surface area (Å²) >= 11 is 1.12. The molecule has 3 heterocycles. The third kappa shape index (κ3) is 3.35. The molecule has 8 nitrogen and oxygen atoms in total. The van der Waals surface area contributed by atoms with Crippen molar-refractivity contribution in [2.75, 3.05) is 7.11 Å². The fraction of sp³-hybridized carbons (Fsp3) is 0.214. The summed E-state index contributed by atoms with van der Waals surface area (Å²) in [6.07, 6.45) is -2.40. The highest BCUT2D eigenvalue weighted by Gasteiger charge is 2.41. The molecule has 1 amide bonds. The van der Waals surface area contributed by atoms with Crippen LogP contribution in [0.2, 0.25) is 0 Å². The highest BCUT2D eigenvalue weighted by molar-refractivity contribution is 7.07. The molecule has 0 saturated heterocycles. The first-order valence-corrected chi connectivity index (χ1v) is 7.91. The molecule has 0 aliphatic heterocycles. The van der Waals surface area contributed by atoms with Crippen molar-refractivity contribution in [2.24, 2.45) is 12.0 Å². The summed E-state index contributed by atoms with van der Waals surface area (Å²) in [6.45, 7) is 0. The Hall–Kier alpha value is -3.02. The number of aromatic nitrogens is 5. The lowest BCUT2D eigenvalue weighted by Gasteiger charge is -2.10. The number of aryl methyl sites for hydroxylation is 1. The van der Waals surface area contributed by atoms with Gasteiger partial charge in [0.2, 0.25) is 5.88 Å². The van der Waals surface area contributed by atoms with Gasteiger partial charge in [0.25, 0.3) is 5.91 Å². The maximum atomic E-state index is 13.6. The fourth-order valence-electron chi connectivity index (χ4n) is 2.07. The average molecular weight is 384 g/mol. The molecule has 136 valence electrons. The summed E-state index contributed by atoms with van der Waals surface area (Å²) in [6, 6.07) is 2.58. The van der Waals surface area contributed by atoms with Gasteiger partial charge in [-0.3, -0.25) is 4.79 Å². The zero-order valence-electron chi connectivity index (χ0n) is 13.4. The second kappa shape index (κ2) is 6.71. The molecule has 3 aromatic rings. The van der Waals surface area contributed by atoms with E-state index in [1.807, 2.05) is 0 Å². The minimum absolute atomic E-state index is 0.131. The van der Waals surface area contributed by atoms with E-state index < -0.39 is 23.3 Å². The zero-order chi connectivity index (χ0) is 18.9. The summed E-state index contributed by atoms with van der Waals surface area (Å²) in [4.78, 5) is 16.3. The topological polar surface area (TPSA) is 87.2 Å². The first-order valence-electron chi connectivity index (χ1n) is 7.03. The normalized spacial score (nSPS) is 12.4. The molecule has 3 aromatic heterocycles. The van der Waals surface area contributed by atoms with Crippen molar-refractivity contribution in [3.8, 4) is 11.7 Å². The fourth-order valence-corrected chi connectivity index (χ4v) is 2.80. The van der Waals surface area contributed by atoms with Crippen molar-refractivity contribution in [1.29, 1.82) is 0 Å². The van der Waals surface area contributed by atoms with E-state index in [1.165, 1.54) is 23.8 Å². The quantitative estimate of drug-likeness (QED) is 0.688. The van der Waals surface area contributed by atoms with Crippen molar-refractivity contribution in [1.82, 2.24) is 24.5 Å². The largest absolute Gasteiger partial charge is 0.480 e. The molecule has 0 aliphatic carbocycles. The number of hydrogen-bond donors (Lipinski definition) is 0. The van der Waals surface area contributed by atoms with Crippen LogP contribution in [-0.2, 0) is 13.2 Å². The molecule has 0 fully saturated rings. The van der Waals surface area contributed by atoms with Gasteiger partial charge in [-0.25, -0.2) is 4.68 Å². The van der Waals surface area contributed by atoms with Crippen LogP contribution >= 0.6 is 11.3 Å². The average Bonchev–Trinajstić information content (AvgIpc) is 3.21. The van der Waals surface area contributed by atoms with Crippen molar-refractivity contribution < 1.29 is 22.7 Å². The third-order valence-electron chi connectivity index (χ3n) is 3.28. The molecule has 0 saturated carbocycles. The van der Waals surface area contributed by atoms with Crippen molar-refractivity contribution >= 4 is 17.2 Å². The van der Waals surface area contributed by atoms with Crippen LogP contribution in [0.4, 0.5) is 13.2 Å². The Balaban J connectivity index is 2.11. The van der Waals surface area contributed by atoms with Crippen LogP contribution in [0.15, 0.2) is 34.9 Å². The van der Waals surface area contributed by atoms with Gasteiger partial charge in [-0.15, -0.1) is 21.5 Å². The van der Waals surface area contributed by atoms with Crippen LogP contribution in [0.25, 0.3) is 5.82 Å². The number of methoxy groups -OCH3 is 1. The predicted molar refractivity (Wildman–Crippen MR) is 83.9 cm³/mol. The number of amides is 1. The van der Waals surface area contributed by atoms with Gasteiger partial charge >= 0.3 is 6.18 Å². The zero-order valence-corrected chi connectivity index (χ0v) is 14.2. The summed E-state index contributed by atoms with van der Waals surface area (Å²) in [5.41, 5.74) is -1.95. The lowest BCUT2D eigenvalue weighted by atomic mass is 10.2. The van der Waals surface area contributed by atoms with Gasteiger partial charge in [0.15, 0.2) is 16.3 Å². The number of nitrogens with zero attached hydrogens (tertiary/aromatic N) is 6. The molecule has 0 aliphatic rings. The minimum Gasteiger partial charge on any atom is -0.480 e.